The number of hydrogen-bond acceptors (Lipinski definition) is 2. The number of rotatable bonds is 5. The monoisotopic (exact) mass is 215 g/mol. The Morgan fingerprint density at radius 1 is 1.47 bits per heavy atom. The van der Waals surface area contributed by atoms with Crippen molar-refractivity contribution in [3.8, 4) is 0 Å². The Kier molecular flexibility index (Phi) is 5.47. The number of unbranched alkanes of at least 4 members (excludes halogenated alkanes) is 2. The Hall–Kier alpha value is -0.770. The third kappa shape index (κ3) is 5.02. The summed E-state index contributed by atoms with van der Waals surface area (Å²) in [5.74, 6) is 0. The van der Waals surface area contributed by atoms with Crippen molar-refractivity contribution in [1.82, 2.24) is 5.32 Å². The van der Waals surface area contributed by atoms with Crippen molar-refractivity contribution in [2.24, 2.45) is 0 Å². The van der Waals surface area contributed by atoms with Gasteiger partial charge in [0.1, 0.15) is 0 Å². The van der Waals surface area contributed by atoms with E-state index < -0.39 is 6.09 Å². The predicted molar refractivity (Wildman–Crippen MR) is 58.1 cm³/mol. The van der Waals surface area contributed by atoms with Crippen LogP contribution in [0.3, 0.4) is 0 Å². The van der Waals surface area contributed by atoms with Crippen LogP contribution in [0, 0.1) is 0 Å². The van der Waals surface area contributed by atoms with Crippen molar-refractivity contribution in [3.05, 3.63) is 0 Å². The molecule has 1 fully saturated rings. The molecule has 4 nitrogen and oxygen atoms in total. The first kappa shape index (κ1) is 12.3. The lowest BCUT2D eigenvalue weighted by atomic mass is 10.0. The van der Waals surface area contributed by atoms with E-state index in [-0.39, 0.29) is 6.04 Å². The molecule has 0 unspecified atom stereocenters. The normalized spacial score (nSPS) is 26.2. The number of carbonyl (C=O) groups is 1. The molecule has 4 heteroatoms. The molecule has 1 rings (SSSR count). The highest BCUT2D eigenvalue weighted by atomic mass is 16.5. The van der Waals surface area contributed by atoms with Gasteiger partial charge in [-0.1, -0.05) is 26.2 Å². The molecule has 0 saturated carbocycles. The molecule has 1 heterocycles. The molecule has 1 amide bonds. The smallest absolute Gasteiger partial charge is 0.404 e. The van der Waals surface area contributed by atoms with Crippen LogP contribution in [0.1, 0.15) is 45.4 Å². The van der Waals surface area contributed by atoms with E-state index in [1.807, 2.05) is 0 Å². The van der Waals surface area contributed by atoms with Crippen molar-refractivity contribution in [1.29, 1.82) is 0 Å². The maximum atomic E-state index is 10.4. The first-order valence-electron chi connectivity index (χ1n) is 5.83. The molecule has 0 bridgehead atoms. The fraction of sp³-hybridized carbons (Fsp3) is 0.909. The van der Waals surface area contributed by atoms with Crippen molar-refractivity contribution in [3.63, 3.8) is 0 Å². The maximum absolute atomic E-state index is 10.4. The third-order valence-electron chi connectivity index (χ3n) is 2.83. The zero-order chi connectivity index (χ0) is 11.1. The quantitative estimate of drug-likeness (QED) is 0.692. The minimum absolute atomic E-state index is 0.00933. The van der Waals surface area contributed by atoms with Crippen LogP contribution in [0.4, 0.5) is 4.79 Å². The molecule has 1 saturated heterocycles. The highest BCUT2D eigenvalue weighted by Gasteiger charge is 2.22. The van der Waals surface area contributed by atoms with Crippen molar-refractivity contribution in [2.75, 3.05) is 6.61 Å². The minimum Gasteiger partial charge on any atom is -0.465 e. The van der Waals surface area contributed by atoms with Crippen molar-refractivity contribution < 1.29 is 14.6 Å². The fourth-order valence-electron chi connectivity index (χ4n) is 1.94. The summed E-state index contributed by atoms with van der Waals surface area (Å²) >= 11 is 0. The van der Waals surface area contributed by atoms with E-state index in [1.165, 1.54) is 19.3 Å². The van der Waals surface area contributed by atoms with Gasteiger partial charge < -0.3 is 15.2 Å². The zero-order valence-corrected chi connectivity index (χ0v) is 9.37. The molecule has 0 aliphatic carbocycles. The molecular weight excluding hydrogens is 194 g/mol. The summed E-state index contributed by atoms with van der Waals surface area (Å²) in [5, 5.41) is 11.0. The van der Waals surface area contributed by atoms with E-state index in [2.05, 4.69) is 12.2 Å². The zero-order valence-electron chi connectivity index (χ0n) is 9.37. The summed E-state index contributed by atoms with van der Waals surface area (Å²) < 4.78 is 5.61. The molecule has 1 aliphatic rings. The van der Waals surface area contributed by atoms with Gasteiger partial charge in [-0.2, -0.15) is 0 Å². The van der Waals surface area contributed by atoms with Gasteiger partial charge in [0.2, 0.25) is 0 Å². The molecule has 15 heavy (non-hydrogen) atoms. The summed E-state index contributed by atoms with van der Waals surface area (Å²) in [7, 11) is 0. The van der Waals surface area contributed by atoms with Crippen LogP contribution in [0.15, 0.2) is 0 Å². The second-order valence-electron chi connectivity index (χ2n) is 4.17. The Balaban J connectivity index is 2.10. The lowest BCUT2D eigenvalue weighted by Gasteiger charge is -2.28. The van der Waals surface area contributed by atoms with E-state index in [0.717, 1.165) is 19.3 Å². The Bertz CT molecular complexity index is 188. The first-order chi connectivity index (χ1) is 7.22. The Morgan fingerprint density at radius 2 is 2.27 bits per heavy atom. The Labute approximate surface area is 91.0 Å². The average molecular weight is 215 g/mol. The van der Waals surface area contributed by atoms with Crippen LogP contribution < -0.4 is 5.32 Å². The van der Waals surface area contributed by atoms with Gasteiger partial charge in [-0.05, 0) is 19.3 Å². The fourth-order valence-corrected chi connectivity index (χ4v) is 1.94. The molecule has 0 aromatic carbocycles. The molecular formula is C11H21NO3. The molecule has 0 radical (unpaired) electrons. The largest absolute Gasteiger partial charge is 0.465 e. The molecule has 0 spiro atoms. The number of hydrogen-bond donors (Lipinski definition) is 2. The van der Waals surface area contributed by atoms with E-state index in [1.54, 1.807) is 0 Å². The van der Waals surface area contributed by atoms with Gasteiger partial charge in [0, 0.05) is 0 Å². The lowest BCUT2D eigenvalue weighted by Crippen LogP contribution is -2.42. The van der Waals surface area contributed by atoms with Crippen LogP contribution in [0.5, 0.6) is 0 Å². The number of amides is 1. The van der Waals surface area contributed by atoms with Gasteiger partial charge in [0.05, 0.1) is 18.8 Å². The van der Waals surface area contributed by atoms with E-state index >= 15 is 0 Å². The van der Waals surface area contributed by atoms with Gasteiger partial charge >= 0.3 is 6.09 Å². The number of nitrogens with one attached hydrogen (secondary N) is 1. The maximum Gasteiger partial charge on any atom is 0.404 e. The molecule has 2 N–H and O–H groups in total. The summed E-state index contributed by atoms with van der Waals surface area (Å²) in [6.07, 6.45) is 6.12. The Morgan fingerprint density at radius 3 is 2.80 bits per heavy atom. The summed E-state index contributed by atoms with van der Waals surface area (Å²) in [5.41, 5.74) is 0. The molecule has 1 aliphatic heterocycles. The van der Waals surface area contributed by atoms with Gasteiger partial charge in [0.25, 0.3) is 0 Å². The predicted octanol–water partition coefficient (Wildman–Crippen LogP) is 2.38. The van der Waals surface area contributed by atoms with Crippen LogP contribution >= 0.6 is 0 Å². The first-order valence-corrected chi connectivity index (χ1v) is 5.83. The average Bonchev–Trinajstić information content (AvgIpc) is 2.20. The van der Waals surface area contributed by atoms with Crippen LogP contribution in [-0.4, -0.2) is 30.0 Å². The number of carboxylic acid groups (broad SMARTS) is 1. The summed E-state index contributed by atoms with van der Waals surface area (Å²) in [6.45, 7) is 2.72. The highest BCUT2D eigenvalue weighted by Crippen LogP contribution is 2.18. The van der Waals surface area contributed by atoms with Crippen molar-refractivity contribution >= 4 is 6.09 Å². The van der Waals surface area contributed by atoms with Crippen LogP contribution in [-0.2, 0) is 4.74 Å². The minimum atomic E-state index is -0.951. The topological polar surface area (TPSA) is 58.6 Å². The van der Waals surface area contributed by atoms with E-state index in [4.69, 9.17) is 9.84 Å². The molecule has 2 atom stereocenters. The molecule has 88 valence electrons. The number of ether oxygens (including phenoxy) is 1. The van der Waals surface area contributed by atoms with Gasteiger partial charge in [-0.25, -0.2) is 4.79 Å². The van der Waals surface area contributed by atoms with Crippen molar-refractivity contribution in [2.45, 2.75) is 57.6 Å². The lowest BCUT2D eigenvalue weighted by molar-refractivity contribution is -0.00714. The standard InChI is InChI=1S/C11H21NO3/c1-2-3-4-5-10-7-6-9(8-15-10)12-11(13)14/h9-10,12H,2-8H2,1H3,(H,13,14)/t9-,10+/m1/s1. The van der Waals surface area contributed by atoms with Gasteiger partial charge in [-0.15, -0.1) is 0 Å². The van der Waals surface area contributed by atoms with E-state index in [0.29, 0.717) is 12.7 Å². The SMILES string of the molecule is CCCCC[C@H]1CC[C@@H](NC(=O)O)CO1. The van der Waals surface area contributed by atoms with Crippen LogP contribution in [0.2, 0.25) is 0 Å². The molecule has 0 aromatic rings. The second-order valence-corrected chi connectivity index (χ2v) is 4.17. The van der Waals surface area contributed by atoms with Crippen LogP contribution in [0.25, 0.3) is 0 Å². The molecule has 0 aromatic heterocycles. The van der Waals surface area contributed by atoms with E-state index in [9.17, 15) is 4.79 Å². The summed E-state index contributed by atoms with van der Waals surface area (Å²) in [4.78, 5) is 10.4. The summed E-state index contributed by atoms with van der Waals surface area (Å²) in [6, 6.07) is -0.00933. The third-order valence-corrected chi connectivity index (χ3v) is 2.83. The highest BCUT2D eigenvalue weighted by molar-refractivity contribution is 5.64. The second kappa shape index (κ2) is 6.67. The van der Waals surface area contributed by atoms with Gasteiger partial charge in [-0.3, -0.25) is 0 Å². The van der Waals surface area contributed by atoms with Gasteiger partial charge in [0.15, 0.2) is 0 Å².